The highest BCUT2D eigenvalue weighted by Gasteiger charge is 2.28. The van der Waals surface area contributed by atoms with Gasteiger partial charge in [0.1, 0.15) is 5.02 Å². The normalized spacial score (nSPS) is 20.6. The highest BCUT2D eigenvalue weighted by atomic mass is 35.5. The van der Waals surface area contributed by atoms with Crippen LogP contribution in [0.25, 0.3) is 0 Å². The Morgan fingerprint density at radius 3 is 3.05 bits per heavy atom. The van der Waals surface area contributed by atoms with E-state index in [2.05, 4.69) is 27.1 Å². The topological polar surface area (TPSA) is 61.3 Å². The Hall–Kier alpha value is -1.07. The number of aliphatic hydroxyl groups excluding tert-OH is 1. The van der Waals surface area contributed by atoms with Crippen LogP contribution in [-0.4, -0.2) is 40.8 Å². The predicted molar refractivity (Wildman–Crippen MR) is 77.8 cm³/mol. The summed E-state index contributed by atoms with van der Waals surface area (Å²) in [6.07, 6.45) is 3.34. The van der Waals surface area contributed by atoms with Crippen molar-refractivity contribution in [2.75, 3.05) is 29.9 Å². The minimum atomic E-state index is -0.289. The summed E-state index contributed by atoms with van der Waals surface area (Å²) in [5.41, 5.74) is 0. The predicted octanol–water partition coefficient (Wildman–Crippen LogP) is 2.16. The first-order chi connectivity index (χ1) is 9.11. The molecule has 2 unspecified atom stereocenters. The Balaban J connectivity index is 2.11. The van der Waals surface area contributed by atoms with Gasteiger partial charge in [0, 0.05) is 25.6 Å². The van der Waals surface area contributed by atoms with E-state index in [1.165, 1.54) is 0 Å². The molecule has 0 bridgehead atoms. The summed E-state index contributed by atoms with van der Waals surface area (Å²) in [5.74, 6) is 1.67. The molecular weight excluding hydrogens is 264 g/mol. The average molecular weight is 285 g/mol. The van der Waals surface area contributed by atoms with Crippen molar-refractivity contribution in [3.05, 3.63) is 11.2 Å². The average Bonchev–Trinajstić information content (AvgIpc) is 2.87. The van der Waals surface area contributed by atoms with E-state index in [1.54, 1.807) is 6.20 Å². The highest BCUT2D eigenvalue weighted by Crippen LogP contribution is 2.30. The summed E-state index contributed by atoms with van der Waals surface area (Å²) < 4.78 is 0. The van der Waals surface area contributed by atoms with Crippen molar-refractivity contribution >= 4 is 23.4 Å². The van der Waals surface area contributed by atoms with Crippen LogP contribution in [0, 0.1) is 5.92 Å². The minimum Gasteiger partial charge on any atom is -0.393 e. The fourth-order valence-electron chi connectivity index (χ4n) is 2.28. The number of rotatable bonds is 5. The van der Waals surface area contributed by atoms with E-state index in [4.69, 9.17) is 11.6 Å². The van der Waals surface area contributed by atoms with Crippen LogP contribution in [0.3, 0.4) is 0 Å². The third-order valence-corrected chi connectivity index (χ3v) is 3.73. The van der Waals surface area contributed by atoms with Gasteiger partial charge >= 0.3 is 0 Å². The van der Waals surface area contributed by atoms with Crippen LogP contribution < -0.4 is 10.2 Å². The van der Waals surface area contributed by atoms with Gasteiger partial charge in [-0.1, -0.05) is 18.5 Å². The summed E-state index contributed by atoms with van der Waals surface area (Å²) in [6.45, 7) is 6.44. The summed E-state index contributed by atoms with van der Waals surface area (Å²) in [5, 5.41) is 13.4. The number of anilines is 2. The first-order valence-corrected chi connectivity index (χ1v) is 7.19. The summed E-state index contributed by atoms with van der Waals surface area (Å²) in [4.78, 5) is 10.8. The molecule has 106 valence electrons. The van der Waals surface area contributed by atoms with E-state index >= 15 is 0 Å². The maximum absolute atomic E-state index is 9.65. The zero-order chi connectivity index (χ0) is 13.8. The lowest BCUT2D eigenvalue weighted by molar-refractivity contribution is 0.136. The fraction of sp³-hybridized carbons (Fsp3) is 0.692. The van der Waals surface area contributed by atoms with E-state index in [9.17, 15) is 5.11 Å². The van der Waals surface area contributed by atoms with Crippen LogP contribution in [0.4, 0.5) is 11.8 Å². The second kappa shape index (κ2) is 6.39. The van der Waals surface area contributed by atoms with Gasteiger partial charge in [0.25, 0.3) is 0 Å². The Bertz CT molecular complexity index is 427. The Morgan fingerprint density at radius 1 is 1.63 bits per heavy atom. The number of nitrogens with zero attached hydrogens (tertiary/aromatic N) is 3. The molecule has 1 fully saturated rings. The molecule has 0 spiro atoms. The van der Waals surface area contributed by atoms with E-state index < -0.39 is 0 Å². The third-order valence-electron chi connectivity index (χ3n) is 3.47. The smallest absolute Gasteiger partial charge is 0.224 e. The number of halogens is 1. The summed E-state index contributed by atoms with van der Waals surface area (Å²) in [7, 11) is 0. The number of hydrogen-bond acceptors (Lipinski definition) is 5. The third kappa shape index (κ3) is 3.48. The van der Waals surface area contributed by atoms with Gasteiger partial charge in [-0.3, -0.25) is 0 Å². The van der Waals surface area contributed by atoms with Crippen molar-refractivity contribution in [1.82, 2.24) is 9.97 Å². The number of nitrogens with one attached hydrogen (secondary N) is 1. The van der Waals surface area contributed by atoms with E-state index in [1.807, 2.05) is 6.92 Å². The van der Waals surface area contributed by atoms with Crippen LogP contribution >= 0.6 is 11.6 Å². The summed E-state index contributed by atoms with van der Waals surface area (Å²) in [6, 6.07) is 0. The first-order valence-electron chi connectivity index (χ1n) is 6.81. The standard InChI is InChI=1S/C13H21ClN4O/c1-3-5-15-13-16-7-11(14)12(17-13)18-6-4-10(8-18)9(2)19/h7,9-10,19H,3-6,8H2,1-2H3,(H,15,16,17). The minimum absolute atomic E-state index is 0.289. The first kappa shape index (κ1) is 14.3. The maximum atomic E-state index is 9.65. The monoisotopic (exact) mass is 284 g/mol. The maximum Gasteiger partial charge on any atom is 0.224 e. The van der Waals surface area contributed by atoms with Crippen LogP contribution in [0.15, 0.2) is 6.20 Å². The van der Waals surface area contributed by atoms with Crippen LogP contribution in [0.1, 0.15) is 26.7 Å². The van der Waals surface area contributed by atoms with Crippen molar-refractivity contribution in [3.63, 3.8) is 0 Å². The van der Waals surface area contributed by atoms with Gasteiger partial charge in [0.2, 0.25) is 5.95 Å². The quantitative estimate of drug-likeness (QED) is 0.868. The molecule has 5 nitrogen and oxygen atoms in total. The molecule has 1 saturated heterocycles. The van der Waals surface area contributed by atoms with Gasteiger partial charge in [-0.25, -0.2) is 4.98 Å². The molecule has 2 N–H and O–H groups in total. The van der Waals surface area contributed by atoms with Crippen molar-refractivity contribution < 1.29 is 5.11 Å². The molecule has 6 heteroatoms. The molecule has 19 heavy (non-hydrogen) atoms. The van der Waals surface area contributed by atoms with Gasteiger partial charge in [-0.15, -0.1) is 0 Å². The summed E-state index contributed by atoms with van der Waals surface area (Å²) >= 11 is 6.18. The molecule has 1 aromatic heterocycles. The second-order valence-corrected chi connectivity index (χ2v) is 5.43. The molecule has 2 heterocycles. The molecule has 0 aliphatic carbocycles. The molecular formula is C13H21ClN4O. The van der Waals surface area contributed by atoms with Crippen LogP contribution in [-0.2, 0) is 0 Å². The van der Waals surface area contributed by atoms with Gasteiger partial charge in [-0.2, -0.15) is 4.98 Å². The highest BCUT2D eigenvalue weighted by molar-refractivity contribution is 6.32. The van der Waals surface area contributed by atoms with E-state index in [0.29, 0.717) is 11.0 Å². The molecule has 1 aromatic rings. The lowest BCUT2D eigenvalue weighted by atomic mass is 10.0. The Kier molecular flexibility index (Phi) is 4.82. The molecule has 1 aliphatic heterocycles. The van der Waals surface area contributed by atoms with Gasteiger partial charge in [0.05, 0.1) is 12.3 Å². The number of hydrogen-bond donors (Lipinski definition) is 2. The Morgan fingerprint density at radius 2 is 2.42 bits per heavy atom. The molecule has 2 rings (SSSR count). The Labute approximate surface area is 119 Å². The fourth-order valence-corrected chi connectivity index (χ4v) is 2.49. The molecule has 0 aromatic carbocycles. The molecule has 1 aliphatic rings. The van der Waals surface area contributed by atoms with E-state index in [-0.39, 0.29) is 12.0 Å². The molecule has 2 atom stereocenters. The molecule has 0 radical (unpaired) electrons. The van der Waals surface area contributed by atoms with Crippen molar-refractivity contribution in [1.29, 1.82) is 0 Å². The van der Waals surface area contributed by atoms with Crippen LogP contribution in [0.2, 0.25) is 5.02 Å². The van der Waals surface area contributed by atoms with Crippen molar-refractivity contribution in [2.45, 2.75) is 32.8 Å². The zero-order valence-corrected chi connectivity index (χ0v) is 12.2. The van der Waals surface area contributed by atoms with Gasteiger partial charge in [0.15, 0.2) is 5.82 Å². The lowest BCUT2D eigenvalue weighted by Crippen LogP contribution is -2.25. The molecule has 0 amide bonds. The number of aliphatic hydroxyl groups is 1. The second-order valence-electron chi connectivity index (χ2n) is 5.03. The van der Waals surface area contributed by atoms with Gasteiger partial charge in [-0.05, 0) is 19.8 Å². The van der Waals surface area contributed by atoms with E-state index in [0.717, 1.165) is 38.3 Å². The SMILES string of the molecule is CCCNc1ncc(Cl)c(N2CCC(C(C)O)C2)n1. The molecule has 0 saturated carbocycles. The van der Waals surface area contributed by atoms with Gasteiger partial charge < -0.3 is 15.3 Å². The largest absolute Gasteiger partial charge is 0.393 e. The number of aromatic nitrogens is 2. The zero-order valence-electron chi connectivity index (χ0n) is 11.4. The van der Waals surface area contributed by atoms with Crippen molar-refractivity contribution in [3.8, 4) is 0 Å². The lowest BCUT2D eigenvalue weighted by Gasteiger charge is -2.20. The van der Waals surface area contributed by atoms with Crippen molar-refractivity contribution in [2.24, 2.45) is 5.92 Å². The van der Waals surface area contributed by atoms with Crippen LogP contribution in [0.5, 0.6) is 0 Å².